The number of rotatable bonds is 5. The molecular weight excluding hydrogens is 240 g/mol. The highest BCUT2D eigenvalue weighted by Crippen LogP contribution is 2.25. The summed E-state index contributed by atoms with van der Waals surface area (Å²) in [7, 11) is 0. The van der Waals surface area contributed by atoms with Gasteiger partial charge in [-0.25, -0.2) is 0 Å². The first-order valence-corrected chi connectivity index (χ1v) is 7.47. The third-order valence-corrected chi connectivity index (χ3v) is 3.90. The summed E-state index contributed by atoms with van der Waals surface area (Å²) in [6.07, 6.45) is 4.43. The second-order valence-corrected chi connectivity index (χ2v) is 7.12. The van der Waals surface area contributed by atoms with Crippen LogP contribution in [0, 0.1) is 17.3 Å². The maximum atomic E-state index is 12.1. The summed E-state index contributed by atoms with van der Waals surface area (Å²) in [5, 5.41) is 12.5. The van der Waals surface area contributed by atoms with Crippen molar-refractivity contribution in [3.8, 4) is 0 Å². The maximum Gasteiger partial charge on any atom is 0.224 e. The van der Waals surface area contributed by atoms with Crippen molar-refractivity contribution < 1.29 is 9.90 Å². The molecule has 4 nitrogen and oxygen atoms in total. The Morgan fingerprint density at radius 3 is 2.37 bits per heavy atom. The lowest BCUT2D eigenvalue weighted by Crippen LogP contribution is -2.40. The number of carbonyl (C=O) groups is 1. The van der Waals surface area contributed by atoms with Gasteiger partial charge < -0.3 is 16.2 Å². The minimum atomic E-state index is -0.135. The van der Waals surface area contributed by atoms with E-state index >= 15 is 0 Å². The molecule has 0 saturated heterocycles. The van der Waals surface area contributed by atoms with Gasteiger partial charge in [0.2, 0.25) is 5.91 Å². The molecule has 4 heteroatoms. The minimum absolute atomic E-state index is 0.0866. The molecule has 0 heterocycles. The van der Waals surface area contributed by atoms with E-state index in [4.69, 9.17) is 5.73 Å². The van der Waals surface area contributed by atoms with Crippen molar-refractivity contribution in [3.63, 3.8) is 0 Å². The molecule has 1 amide bonds. The molecule has 0 aliphatic heterocycles. The first kappa shape index (κ1) is 16.4. The Hall–Kier alpha value is -0.610. The van der Waals surface area contributed by atoms with Gasteiger partial charge in [-0.2, -0.15) is 0 Å². The predicted molar refractivity (Wildman–Crippen MR) is 77.6 cm³/mol. The Bertz CT molecular complexity index is 278. The van der Waals surface area contributed by atoms with E-state index in [1.165, 1.54) is 0 Å². The van der Waals surface area contributed by atoms with E-state index in [2.05, 4.69) is 26.1 Å². The normalized spacial score (nSPS) is 25.9. The smallest absolute Gasteiger partial charge is 0.224 e. The van der Waals surface area contributed by atoms with Crippen molar-refractivity contribution in [3.05, 3.63) is 0 Å². The molecular formula is C15H30N2O2. The van der Waals surface area contributed by atoms with Crippen molar-refractivity contribution >= 4 is 5.91 Å². The van der Waals surface area contributed by atoms with Crippen LogP contribution in [0.2, 0.25) is 0 Å². The van der Waals surface area contributed by atoms with E-state index in [9.17, 15) is 9.90 Å². The lowest BCUT2D eigenvalue weighted by atomic mass is 9.84. The van der Waals surface area contributed by atoms with Crippen LogP contribution in [-0.2, 0) is 4.79 Å². The van der Waals surface area contributed by atoms with Gasteiger partial charge in [0.05, 0.1) is 12.0 Å². The maximum absolute atomic E-state index is 12.1. The van der Waals surface area contributed by atoms with Crippen LogP contribution < -0.4 is 11.1 Å². The molecule has 19 heavy (non-hydrogen) atoms. The number of hydrogen-bond donors (Lipinski definition) is 3. The standard InChI is InChI=1S/C15H30N2O2/c1-15(2,3)8-12(9-16)14(19)17-10-11-4-6-13(18)7-5-11/h11-13,18H,4-10,16H2,1-3H3,(H,17,19). The van der Waals surface area contributed by atoms with Crippen LogP contribution in [-0.4, -0.2) is 30.2 Å². The third-order valence-electron chi connectivity index (χ3n) is 3.90. The van der Waals surface area contributed by atoms with Gasteiger partial charge in [0.15, 0.2) is 0 Å². The fourth-order valence-electron chi connectivity index (χ4n) is 2.76. The molecule has 0 radical (unpaired) electrons. The first-order valence-electron chi connectivity index (χ1n) is 7.47. The zero-order valence-corrected chi connectivity index (χ0v) is 12.6. The number of carbonyl (C=O) groups excluding carboxylic acids is 1. The summed E-state index contributed by atoms with van der Waals surface area (Å²) in [5.41, 5.74) is 5.84. The van der Waals surface area contributed by atoms with Crippen LogP contribution in [0.5, 0.6) is 0 Å². The summed E-state index contributed by atoms with van der Waals surface area (Å²) < 4.78 is 0. The zero-order chi connectivity index (χ0) is 14.5. The lowest BCUT2D eigenvalue weighted by molar-refractivity contribution is -0.125. The van der Waals surface area contributed by atoms with Crippen LogP contribution in [0.1, 0.15) is 52.9 Å². The van der Waals surface area contributed by atoms with Gasteiger partial charge in [-0.3, -0.25) is 4.79 Å². The van der Waals surface area contributed by atoms with Gasteiger partial charge in [0, 0.05) is 13.1 Å². The van der Waals surface area contributed by atoms with Gasteiger partial charge in [0.1, 0.15) is 0 Å². The molecule has 0 bridgehead atoms. The Kier molecular flexibility index (Phi) is 6.27. The number of nitrogens with two attached hydrogens (primary N) is 1. The van der Waals surface area contributed by atoms with Crippen LogP contribution >= 0.6 is 0 Å². The monoisotopic (exact) mass is 270 g/mol. The summed E-state index contributed by atoms with van der Waals surface area (Å²) in [6.45, 7) is 7.53. The summed E-state index contributed by atoms with van der Waals surface area (Å²) >= 11 is 0. The molecule has 1 atom stereocenters. The topological polar surface area (TPSA) is 75.4 Å². The van der Waals surface area contributed by atoms with Crippen molar-refractivity contribution in [2.75, 3.05) is 13.1 Å². The molecule has 112 valence electrons. The molecule has 0 aromatic carbocycles. The molecule has 0 aromatic heterocycles. The van der Waals surface area contributed by atoms with Crippen LogP contribution in [0.25, 0.3) is 0 Å². The van der Waals surface area contributed by atoms with E-state index in [0.717, 1.165) is 38.6 Å². The quantitative estimate of drug-likeness (QED) is 0.711. The van der Waals surface area contributed by atoms with Gasteiger partial charge in [-0.05, 0) is 43.4 Å². The molecule has 1 rings (SSSR count). The second-order valence-electron chi connectivity index (χ2n) is 7.12. The van der Waals surface area contributed by atoms with Gasteiger partial charge in [-0.15, -0.1) is 0 Å². The number of hydrogen-bond acceptors (Lipinski definition) is 3. The number of nitrogens with one attached hydrogen (secondary N) is 1. The van der Waals surface area contributed by atoms with E-state index in [1.54, 1.807) is 0 Å². The first-order chi connectivity index (χ1) is 8.81. The molecule has 0 spiro atoms. The number of amides is 1. The van der Waals surface area contributed by atoms with Gasteiger partial charge in [-0.1, -0.05) is 20.8 Å². The number of aliphatic hydroxyl groups is 1. The summed E-state index contributed by atoms with van der Waals surface area (Å²) in [6, 6.07) is 0. The molecule has 4 N–H and O–H groups in total. The minimum Gasteiger partial charge on any atom is -0.393 e. The SMILES string of the molecule is CC(C)(C)CC(CN)C(=O)NCC1CCC(O)CC1. The Balaban J connectivity index is 2.32. The van der Waals surface area contributed by atoms with Crippen LogP contribution in [0.3, 0.4) is 0 Å². The second kappa shape index (κ2) is 7.25. The highest BCUT2D eigenvalue weighted by atomic mass is 16.3. The summed E-state index contributed by atoms with van der Waals surface area (Å²) in [5.74, 6) is 0.512. The number of aliphatic hydroxyl groups excluding tert-OH is 1. The van der Waals surface area contributed by atoms with E-state index in [1.807, 2.05) is 0 Å². The molecule has 0 aromatic rings. The van der Waals surface area contributed by atoms with Crippen molar-refractivity contribution in [1.82, 2.24) is 5.32 Å². The van der Waals surface area contributed by atoms with Crippen molar-refractivity contribution in [2.24, 2.45) is 23.0 Å². The third kappa shape index (κ3) is 6.39. The van der Waals surface area contributed by atoms with Crippen LogP contribution in [0.4, 0.5) is 0 Å². The predicted octanol–water partition coefficient (Wildman–Crippen LogP) is 1.66. The Morgan fingerprint density at radius 2 is 1.89 bits per heavy atom. The molecule has 1 aliphatic rings. The van der Waals surface area contributed by atoms with E-state index in [0.29, 0.717) is 12.5 Å². The lowest BCUT2D eigenvalue weighted by Gasteiger charge is -2.27. The largest absolute Gasteiger partial charge is 0.393 e. The molecule has 1 unspecified atom stereocenters. The van der Waals surface area contributed by atoms with Gasteiger partial charge >= 0.3 is 0 Å². The van der Waals surface area contributed by atoms with Crippen molar-refractivity contribution in [1.29, 1.82) is 0 Å². The average Bonchev–Trinajstić information content (AvgIpc) is 2.34. The molecule has 1 aliphatic carbocycles. The Labute approximate surface area is 117 Å². The Morgan fingerprint density at radius 1 is 1.32 bits per heavy atom. The highest BCUT2D eigenvalue weighted by molar-refractivity contribution is 5.78. The van der Waals surface area contributed by atoms with E-state index in [-0.39, 0.29) is 23.3 Å². The van der Waals surface area contributed by atoms with Gasteiger partial charge in [0.25, 0.3) is 0 Å². The average molecular weight is 270 g/mol. The fourth-order valence-corrected chi connectivity index (χ4v) is 2.76. The fraction of sp³-hybridized carbons (Fsp3) is 0.933. The van der Waals surface area contributed by atoms with Crippen molar-refractivity contribution in [2.45, 2.75) is 59.0 Å². The summed E-state index contributed by atoms with van der Waals surface area (Å²) in [4.78, 5) is 12.1. The van der Waals surface area contributed by atoms with E-state index < -0.39 is 0 Å². The highest BCUT2D eigenvalue weighted by Gasteiger charge is 2.25. The van der Waals surface area contributed by atoms with Crippen LogP contribution in [0.15, 0.2) is 0 Å². The molecule has 1 fully saturated rings. The molecule has 1 saturated carbocycles. The zero-order valence-electron chi connectivity index (χ0n) is 12.6.